The minimum Gasteiger partial charge on any atom is -0.353 e. The maximum Gasteiger partial charge on any atom is 0.478 e. The van der Waals surface area contributed by atoms with Crippen molar-refractivity contribution in [2.75, 3.05) is 6.54 Å². The molecule has 0 rings (SSSR count). The summed E-state index contributed by atoms with van der Waals surface area (Å²) in [7, 11) is -10.1. The molecule has 1 amide bonds. The summed E-state index contributed by atoms with van der Waals surface area (Å²) in [6.45, 7) is 7.70. The Morgan fingerprint density at radius 1 is 1.24 bits per heavy atom. The van der Waals surface area contributed by atoms with E-state index in [9.17, 15) is 13.9 Å². The van der Waals surface area contributed by atoms with Crippen molar-refractivity contribution in [3.63, 3.8) is 0 Å². The van der Waals surface area contributed by atoms with E-state index in [4.69, 9.17) is 19.6 Å². The van der Waals surface area contributed by atoms with Gasteiger partial charge in [0, 0.05) is 12.1 Å². The van der Waals surface area contributed by atoms with Crippen LogP contribution in [-0.4, -0.2) is 32.0 Å². The average Bonchev–Trinajstić information content (AvgIpc) is 1.98. The number of phosphoric acid groups is 2. The maximum atomic E-state index is 10.5. The molecule has 9 nitrogen and oxygen atoms in total. The predicted molar refractivity (Wildman–Crippen MR) is 58.7 cm³/mol. The third-order valence-corrected chi connectivity index (χ3v) is 2.64. The van der Waals surface area contributed by atoms with Crippen LogP contribution in [0.1, 0.15) is 13.8 Å². The third kappa shape index (κ3) is 18.1. The largest absolute Gasteiger partial charge is 0.478 e. The monoisotopic (exact) mass is 291 g/mol. The summed E-state index contributed by atoms with van der Waals surface area (Å²) < 4.78 is 22.2. The number of hydrogen-bond donors (Lipinski definition) is 5. The second-order valence-electron chi connectivity index (χ2n) is 2.70. The lowest BCUT2D eigenvalue weighted by molar-refractivity contribution is -0.117. The van der Waals surface area contributed by atoms with Gasteiger partial charge in [0.15, 0.2) is 0 Å². The standard InChI is InChI=1S/C6H11NO.H4O7P2/c1-4-7-6(8)5(2)3;1-8(2,3)7-9(4,5)6/h2,4H2,1,3H3,(H,7,8);(H2,1,2,3)(H2,4,5,6). The molecule has 102 valence electrons. The highest BCUT2D eigenvalue weighted by Gasteiger charge is 2.27. The molecule has 0 radical (unpaired) electrons. The Labute approximate surface area is 98.0 Å². The molecule has 0 heterocycles. The van der Waals surface area contributed by atoms with E-state index in [1.54, 1.807) is 6.92 Å². The van der Waals surface area contributed by atoms with Gasteiger partial charge in [-0.25, -0.2) is 9.13 Å². The Hall–Kier alpha value is -0.530. The molecule has 0 atom stereocenters. The minimum absolute atomic E-state index is 0.0625. The fraction of sp³-hybridized carbons (Fsp3) is 0.500. The zero-order valence-corrected chi connectivity index (χ0v) is 11.0. The van der Waals surface area contributed by atoms with Crippen molar-refractivity contribution in [1.29, 1.82) is 0 Å². The van der Waals surface area contributed by atoms with Gasteiger partial charge in [0.05, 0.1) is 0 Å². The van der Waals surface area contributed by atoms with Crippen molar-refractivity contribution in [2.24, 2.45) is 0 Å². The first-order chi connectivity index (χ1) is 7.39. The summed E-state index contributed by atoms with van der Waals surface area (Å²) in [6.07, 6.45) is 0. The molecule has 17 heavy (non-hydrogen) atoms. The van der Waals surface area contributed by atoms with Crippen molar-refractivity contribution >= 4 is 21.6 Å². The van der Waals surface area contributed by atoms with Crippen LogP contribution < -0.4 is 5.32 Å². The van der Waals surface area contributed by atoms with Crippen molar-refractivity contribution in [1.82, 2.24) is 5.32 Å². The number of carbonyl (C=O) groups is 1. The molecule has 0 saturated heterocycles. The molecule has 0 unspecified atom stereocenters. The van der Waals surface area contributed by atoms with Gasteiger partial charge in [0.25, 0.3) is 0 Å². The van der Waals surface area contributed by atoms with E-state index in [0.717, 1.165) is 0 Å². The highest BCUT2D eigenvalue weighted by molar-refractivity contribution is 7.60. The smallest absolute Gasteiger partial charge is 0.353 e. The highest BCUT2D eigenvalue weighted by atomic mass is 31.3. The number of amides is 1. The number of likely N-dealkylation sites (N-methyl/N-ethyl adjacent to an activating group) is 1. The predicted octanol–water partition coefficient (Wildman–Crippen LogP) is -0.113. The van der Waals surface area contributed by atoms with Gasteiger partial charge in [-0.3, -0.25) is 4.79 Å². The highest BCUT2D eigenvalue weighted by Crippen LogP contribution is 2.53. The van der Waals surface area contributed by atoms with Crippen LogP contribution in [0.15, 0.2) is 12.2 Å². The average molecular weight is 291 g/mol. The number of carbonyl (C=O) groups excluding carboxylic acids is 1. The quantitative estimate of drug-likeness (QED) is 0.355. The fourth-order valence-electron chi connectivity index (χ4n) is 0.450. The number of hydrogen-bond acceptors (Lipinski definition) is 4. The first-order valence-electron chi connectivity index (χ1n) is 4.15. The molecule has 0 fully saturated rings. The Morgan fingerprint density at radius 3 is 1.65 bits per heavy atom. The van der Waals surface area contributed by atoms with Crippen molar-refractivity contribution in [3.05, 3.63) is 12.2 Å². The molecule has 5 N–H and O–H groups in total. The molecular weight excluding hydrogens is 276 g/mol. The van der Waals surface area contributed by atoms with Crippen molar-refractivity contribution in [3.8, 4) is 0 Å². The summed E-state index contributed by atoms with van der Waals surface area (Å²) in [4.78, 5) is 41.5. The van der Waals surface area contributed by atoms with Crippen LogP contribution in [0.25, 0.3) is 0 Å². The SMILES string of the molecule is C=C(C)C(=O)NCC.O=P(O)(O)OP(=O)(O)O. The van der Waals surface area contributed by atoms with Crippen LogP contribution in [0, 0.1) is 0 Å². The van der Waals surface area contributed by atoms with Crippen molar-refractivity contribution < 1.29 is 37.8 Å². The summed E-state index contributed by atoms with van der Waals surface area (Å²) in [5.41, 5.74) is 0.562. The van der Waals surface area contributed by atoms with Crippen LogP contribution in [0.4, 0.5) is 0 Å². The first kappa shape index (κ1) is 18.8. The molecule has 0 aromatic carbocycles. The van der Waals surface area contributed by atoms with E-state index in [-0.39, 0.29) is 5.91 Å². The molecule has 0 bridgehead atoms. The normalized spacial score (nSPS) is 11.2. The first-order valence-corrected chi connectivity index (χ1v) is 7.21. The van der Waals surface area contributed by atoms with E-state index in [0.29, 0.717) is 12.1 Å². The Kier molecular flexibility index (Phi) is 8.56. The van der Waals surface area contributed by atoms with Crippen molar-refractivity contribution in [2.45, 2.75) is 13.8 Å². The number of rotatable bonds is 4. The molecule has 0 aromatic rings. The minimum atomic E-state index is -5.05. The van der Waals surface area contributed by atoms with E-state index >= 15 is 0 Å². The topological polar surface area (TPSA) is 153 Å². The van der Waals surface area contributed by atoms with Gasteiger partial charge < -0.3 is 24.9 Å². The van der Waals surface area contributed by atoms with Crippen LogP contribution in [0.5, 0.6) is 0 Å². The maximum absolute atomic E-state index is 10.5. The van der Waals surface area contributed by atoms with Gasteiger partial charge >= 0.3 is 15.6 Å². The van der Waals surface area contributed by atoms with E-state index in [1.807, 2.05) is 6.92 Å². The zero-order chi connectivity index (χ0) is 14.3. The van der Waals surface area contributed by atoms with Crippen LogP contribution in [-0.2, 0) is 18.2 Å². The van der Waals surface area contributed by atoms with Gasteiger partial charge in [-0.05, 0) is 13.8 Å². The lowest BCUT2D eigenvalue weighted by Crippen LogP contribution is -2.22. The molecule has 0 aromatic heterocycles. The second-order valence-corrected chi connectivity index (χ2v) is 5.32. The molecule has 0 aliphatic carbocycles. The summed E-state index contributed by atoms with van der Waals surface area (Å²) in [5, 5.41) is 2.61. The molecule has 0 aliphatic rings. The van der Waals surface area contributed by atoms with Gasteiger partial charge in [-0.15, -0.1) is 0 Å². The second kappa shape index (κ2) is 7.73. The molecule has 0 spiro atoms. The Balaban J connectivity index is 0. The Morgan fingerprint density at radius 2 is 1.59 bits per heavy atom. The van der Waals surface area contributed by atoms with E-state index in [1.165, 1.54) is 0 Å². The summed E-state index contributed by atoms with van der Waals surface area (Å²) >= 11 is 0. The third-order valence-electron chi connectivity index (χ3n) is 0.938. The number of nitrogens with one attached hydrogen (secondary N) is 1. The van der Waals surface area contributed by atoms with Crippen LogP contribution >= 0.6 is 15.6 Å². The summed E-state index contributed by atoms with van der Waals surface area (Å²) in [5.74, 6) is -0.0625. The Bertz CT molecular complexity index is 335. The molecule has 11 heteroatoms. The van der Waals surface area contributed by atoms with Gasteiger partial charge in [-0.1, -0.05) is 6.58 Å². The zero-order valence-electron chi connectivity index (χ0n) is 9.23. The van der Waals surface area contributed by atoms with Crippen LogP contribution in [0.3, 0.4) is 0 Å². The molecular formula is C6H15NO8P2. The lowest BCUT2D eigenvalue weighted by Gasteiger charge is -2.03. The van der Waals surface area contributed by atoms with Gasteiger partial charge in [-0.2, -0.15) is 4.31 Å². The van der Waals surface area contributed by atoms with Gasteiger partial charge in [0.1, 0.15) is 0 Å². The molecule has 0 aliphatic heterocycles. The summed E-state index contributed by atoms with van der Waals surface area (Å²) in [6, 6.07) is 0. The molecule has 0 saturated carbocycles. The fourth-order valence-corrected chi connectivity index (χ4v) is 1.56. The van der Waals surface area contributed by atoms with Gasteiger partial charge in [0.2, 0.25) is 5.91 Å². The van der Waals surface area contributed by atoms with E-state index < -0.39 is 15.6 Å². The van der Waals surface area contributed by atoms with Crippen LogP contribution in [0.2, 0.25) is 0 Å². The van der Waals surface area contributed by atoms with E-state index in [2.05, 4.69) is 16.2 Å². The lowest BCUT2D eigenvalue weighted by atomic mass is 10.3.